The second-order valence-electron chi connectivity index (χ2n) is 6.58. The van der Waals surface area contributed by atoms with E-state index < -0.39 is 0 Å². The molecule has 0 bridgehead atoms. The van der Waals surface area contributed by atoms with Gasteiger partial charge in [-0.2, -0.15) is 0 Å². The number of halogens is 1. The number of carbonyl (C=O) groups excluding carboxylic acids is 1. The van der Waals surface area contributed by atoms with Gasteiger partial charge in [-0.3, -0.25) is 9.59 Å². The van der Waals surface area contributed by atoms with Crippen molar-refractivity contribution in [3.8, 4) is 11.5 Å². The molecule has 0 aliphatic carbocycles. The number of fused-ring (bicyclic) bond motifs is 2. The molecule has 2 heterocycles. The fourth-order valence-corrected chi connectivity index (χ4v) is 3.50. The van der Waals surface area contributed by atoms with Gasteiger partial charge in [-0.05, 0) is 37.3 Å². The maximum Gasteiger partial charge on any atom is 0.254 e. The van der Waals surface area contributed by atoms with Gasteiger partial charge in [-0.25, -0.2) is 0 Å². The highest BCUT2D eigenvalue weighted by Gasteiger charge is 2.26. The van der Waals surface area contributed by atoms with Crippen molar-refractivity contribution in [2.24, 2.45) is 0 Å². The molecule has 7 heteroatoms. The summed E-state index contributed by atoms with van der Waals surface area (Å²) in [5, 5.41) is 1.11. The number of hydrogen-bond acceptors (Lipinski definition) is 4. The third kappa shape index (κ3) is 3.55. The van der Waals surface area contributed by atoms with Gasteiger partial charge in [0.15, 0.2) is 17.6 Å². The highest BCUT2D eigenvalue weighted by Crippen LogP contribution is 2.31. The van der Waals surface area contributed by atoms with Gasteiger partial charge in [0.2, 0.25) is 5.56 Å². The molecule has 0 fully saturated rings. The molecule has 3 aromatic rings. The van der Waals surface area contributed by atoms with Crippen LogP contribution in [0.2, 0.25) is 5.02 Å². The third-order valence-electron chi connectivity index (χ3n) is 4.70. The van der Waals surface area contributed by atoms with Gasteiger partial charge in [0, 0.05) is 28.5 Å². The van der Waals surface area contributed by atoms with Crippen molar-refractivity contribution in [2.45, 2.75) is 13.0 Å². The van der Waals surface area contributed by atoms with E-state index in [9.17, 15) is 9.59 Å². The van der Waals surface area contributed by atoms with Crippen LogP contribution in [-0.4, -0.2) is 41.6 Å². The molecule has 1 atom stereocenters. The minimum Gasteiger partial charge on any atom is -0.486 e. The number of benzene rings is 2. The number of amides is 1. The zero-order valence-electron chi connectivity index (χ0n) is 15.3. The van der Waals surface area contributed by atoms with Crippen LogP contribution in [0.25, 0.3) is 10.9 Å². The molecule has 144 valence electrons. The first-order valence-electron chi connectivity index (χ1n) is 9.05. The molecular formula is C21H19ClN2O4. The average molecular weight is 399 g/mol. The number of para-hydroxylation sites is 2. The largest absolute Gasteiger partial charge is 0.486 e. The van der Waals surface area contributed by atoms with E-state index in [4.69, 9.17) is 21.1 Å². The van der Waals surface area contributed by atoms with Crippen molar-refractivity contribution in [3.05, 3.63) is 69.5 Å². The smallest absolute Gasteiger partial charge is 0.254 e. The van der Waals surface area contributed by atoms with Crippen molar-refractivity contribution in [1.29, 1.82) is 0 Å². The van der Waals surface area contributed by atoms with E-state index >= 15 is 0 Å². The number of aromatic amines is 1. The Morgan fingerprint density at radius 3 is 2.79 bits per heavy atom. The normalized spacial score (nSPS) is 15.4. The van der Waals surface area contributed by atoms with Crippen molar-refractivity contribution >= 4 is 28.4 Å². The quantitative estimate of drug-likeness (QED) is 0.730. The summed E-state index contributed by atoms with van der Waals surface area (Å²) in [5.74, 6) is 1.11. The standard InChI is InChI=1S/C21H19ClN2O4/c1-2-24(11-14-12-27-18-5-3-4-6-19(18)28-14)21(26)16-10-20(25)23-17-8-7-13(22)9-15(16)17/h3-10,14H,2,11-12H2,1H3,(H,23,25). The van der Waals surface area contributed by atoms with Gasteiger partial charge in [-0.15, -0.1) is 0 Å². The fourth-order valence-electron chi connectivity index (χ4n) is 3.33. The molecule has 1 aliphatic heterocycles. The van der Waals surface area contributed by atoms with Gasteiger partial charge < -0.3 is 19.4 Å². The van der Waals surface area contributed by atoms with Gasteiger partial charge >= 0.3 is 0 Å². The van der Waals surface area contributed by atoms with Gasteiger partial charge in [0.05, 0.1) is 12.1 Å². The summed E-state index contributed by atoms with van der Waals surface area (Å²) in [6.45, 7) is 3.05. The lowest BCUT2D eigenvalue weighted by Crippen LogP contribution is -2.43. The van der Waals surface area contributed by atoms with Crippen molar-refractivity contribution in [3.63, 3.8) is 0 Å². The molecule has 28 heavy (non-hydrogen) atoms. The lowest BCUT2D eigenvalue weighted by Gasteiger charge is -2.31. The maximum absolute atomic E-state index is 13.2. The van der Waals surface area contributed by atoms with Crippen LogP contribution in [0.5, 0.6) is 11.5 Å². The van der Waals surface area contributed by atoms with Gasteiger partial charge in [0.1, 0.15) is 6.61 Å². The molecule has 1 aromatic heterocycles. The molecule has 1 aliphatic rings. The Labute approximate surface area is 166 Å². The van der Waals surface area contributed by atoms with E-state index in [1.165, 1.54) is 6.07 Å². The summed E-state index contributed by atoms with van der Waals surface area (Å²) >= 11 is 6.10. The van der Waals surface area contributed by atoms with Gasteiger partial charge in [0.25, 0.3) is 5.91 Å². The molecule has 0 saturated heterocycles. The zero-order chi connectivity index (χ0) is 19.7. The zero-order valence-corrected chi connectivity index (χ0v) is 16.0. The number of rotatable bonds is 4. The molecule has 2 aromatic carbocycles. The summed E-state index contributed by atoms with van der Waals surface area (Å²) < 4.78 is 11.7. The number of carbonyl (C=O) groups is 1. The van der Waals surface area contributed by atoms with Crippen LogP contribution in [0.15, 0.2) is 53.3 Å². The monoisotopic (exact) mass is 398 g/mol. The Morgan fingerprint density at radius 2 is 2.00 bits per heavy atom. The van der Waals surface area contributed by atoms with Crippen LogP contribution in [0, 0.1) is 0 Å². The molecular weight excluding hydrogens is 380 g/mol. The number of nitrogens with zero attached hydrogens (tertiary/aromatic N) is 1. The Morgan fingerprint density at radius 1 is 1.21 bits per heavy atom. The summed E-state index contributed by atoms with van der Waals surface area (Å²) in [6, 6.07) is 13.8. The number of nitrogens with one attached hydrogen (secondary N) is 1. The van der Waals surface area contributed by atoms with Crippen LogP contribution < -0.4 is 15.0 Å². The Kier molecular flexibility index (Phi) is 4.96. The highest BCUT2D eigenvalue weighted by atomic mass is 35.5. The van der Waals surface area contributed by atoms with E-state index in [2.05, 4.69) is 4.98 Å². The maximum atomic E-state index is 13.2. The summed E-state index contributed by atoms with van der Waals surface area (Å²) in [4.78, 5) is 29.6. The SMILES string of the molecule is CCN(CC1COc2ccccc2O1)C(=O)c1cc(=O)[nH]c2ccc(Cl)cc12. The first-order chi connectivity index (χ1) is 13.5. The lowest BCUT2D eigenvalue weighted by atomic mass is 10.1. The van der Waals surface area contributed by atoms with E-state index in [-0.39, 0.29) is 17.6 Å². The Bertz CT molecular complexity index is 1100. The van der Waals surface area contributed by atoms with E-state index in [1.54, 1.807) is 23.1 Å². The third-order valence-corrected chi connectivity index (χ3v) is 4.93. The molecule has 0 saturated carbocycles. The number of ether oxygens (including phenoxy) is 2. The number of likely N-dealkylation sites (N-methyl/N-ethyl adjacent to an activating group) is 1. The van der Waals surface area contributed by atoms with Crippen molar-refractivity contribution in [2.75, 3.05) is 19.7 Å². The lowest BCUT2D eigenvalue weighted by molar-refractivity contribution is 0.0476. The van der Waals surface area contributed by atoms with Crippen molar-refractivity contribution in [1.82, 2.24) is 9.88 Å². The minimum absolute atomic E-state index is 0.247. The summed E-state index contributed by atoms with van der Waals surface area (Å²) in [6.07, 6.45) is -0.296. The Balaban J connectivity index is 1.61. The predicted molar refractivity (Wildman–Crippen MR) is 108 cm³/mol. The molecule has 0 spiro atoms. The summed E-state index contributed by atoms with van der Waals surface area (Å²) in [5.41, 5.74) is 0.558. The minimum atomic E-state index is -0.333. The second kappa shape index (κ2) is 7.56. The average Bonchev–Trinajstić information content (AvgIpc) is 2.71. The van der Waals surface area contributed by atoms with Crippen molar-refractivity contribution < 1.29 is 14.3 Å². The van der Waals surface area contributed by atoms with E-state index in [1.807, 2.05) is 31.2 Å². The molecule has 1 amide bonds. The van der Waals surface area contributed by atoms with Crippen LogP contribution in [0.4, 0.5) is 0 Å². The highest BCUT2D eigenvalue weighted by molar-refractivity contribution is 6.31. The van der Waals surface area contributed by atoms with Crippen LogP contribution >= 0.6 is 11.6 Å². The topological polar surface area (TPSA) is 71.6 Å². The van der Waals surface area contributed by atoms with Gasteiger partial charge in [-0.1, -0.05) is 23.7 Å². The first kappa shape index (κ1) is 18.4. The Hall–Kier alpha value is -2.99. The molecule has 1 N–H and O–H groups in total. The van der Waals surface area contributed by atoms with Crippen LogP contribution in [-0.2, 0) is 0 Å². The number of pyridine rings is 1. The number of H-pyrrole nitrogens is 1. The van der Waals surface area contributed by atoms with Crippen LogP contribution in [0.3, 0.4) is 0 Å². The molecule has 6 nitrogen and oxygen atoms in total. The molecule has 1 unspecified atom stereocenters. The molecule has 4 rings (SSSR count). The number of hydrogen-bond donors (Lipinski definition) is 1. The van der Waals surface area contributed by atoms with E-state index in [0.717, 1.165) is 0 Å². The first-order valence-corrected chi connectivity index (χ1v) is 9.43. The number of aromatic nitrogens is 1. The van der Waals surface area contributed by atoms with E-state index in [0.29, 0.717) is 52.7 Å². The molecule has 0 radical (unpaired) electrons. The fraction of sp³-hybridized carbons (Fsp3) is 0.238. The second-order valence-corrected chi connectivity index (χ2v) is 7.01. The van der Waals surface area contributed by atoms with Crippen LogP contribution in [0.1, 0.15) is 17.3 Å². The predicted octanol–water partition coefficient (Wildman–Crippen LogP) is 3.48. The summed E-state index contributed by atoms with van der Waals surface area (Å²) in [7, 11) is 0.